The van der Waals surface area contributed by atoms with Gasteiger partial charge < -0.3 is 4.90 Å². The first-order valence-corrected chi connectivity index (χ1v) is 10.6. The molecule has 0 radical (unpaired) electrons. The lowest BCUT2D eigenvalue weighted by atomic mass is 10.1. The van der Waals surface area contributed by atoms with E-state index in [2.05, 4.69) is 38.8 Å². The van der Waals surface area contributed by atoms with Crippen LogP contribution >= 0.6 is 0 Å². The molecule has 0 spiro atoms. The molecular weight excluding hydrogens is 412 g/mol. The number of rotatable bonds is 4. The van der Waals surface area contributed by atoms with E-state index in [1.54, 1.807) is 23.0 Å². The second-order valence-corrected chi connectivity index (χ2v) is 8.15. The third-order valence-corrected chi connectivity index (χ3v) is 5.88. The van der Waals surface area contributed by atoms with E-state index in [1.165, 1.54) is 6.07 Å². The predicted octanol–water partition coefficient (Wildman–Crippen LogP) is 3.66. The molecule has 0 atom stereocenters. The van der Waals surface area contributed by atoms with Gasteiger partial charge in [0.25, 0.3) is 0 Å². The Morgan fingerprint density at radius 1 is 0.875 bits per heavy atom. The van der Waals surface area contributed by atoms with E-state index in [4.69, 9.17) is 5.10 Å². The number of benzene rings is 1. The van der Waals surface area contributed by atoms with Crippen molar-refractivity contribution in [3.05, 3.63) is 60.4 Å². The van der Waals surface area contributed by atoms with E-state index in [9.17, 15) is 8.78 Å². The van der Waals surface area contributed by atoms with E-state index >= 15 is 0 Å². The summed E-state index contributed by atoms with van der Waals surface area (Å²) in [6.45, 7) is 8.13. The number of hydrogen-bond donors (Lipinski definition) is 0. The third kappa shape index (κ3) is 3.69. The molecule has 0 saturated carbocycles. The Morgan fingerprint density at radius 3 is 2.38 bits per heavy atom. The highest BCUT2D eigenvalue weighted by Crippen LogP contribution is 2.33. The van der Waals surface area contributed by atoms with Crippen LogP contribution in [0.1, 0.15) is 13.8 Å². The molecule has 32 heavy (non-hydrogen) atoms. The van der Waals surface area contributed by atoms with Gasteiger partial charge in [-0.1, -0.05) is 0 Å². The standard InChI is InChI=1S/C23H23F2N7/c1-15(2)30-9-11-31(12-10-30)21-6-5-20-28-22(16-3-4-18(24)19(25)13-16)23(32(20)29-21)17-7-8-26-27-14-17/h3-8,13-15H,9-12H2,1-2H3. The van der Waals surface area contributed by atoms with Gasteiger partial charge in [0.15, 0.2) is 17.3 Å². The van der Waals surface area contributed by atoms with Crippen LogP contribution in [0.4, 0.5) is 14.6 Å². The highest BCUT2D eigenvalue weighted by molar-refractivity contribution is 5.81. The van der Waals surface area contributed by atoms with Gasteiger partial charge in [-0.25, -0.2) is 18.3 Å². The number of anilines is 1. The van der Waals surface area contributed by atoms with Gasteiger partial charge >= 0.3 is 0 Å². The van der Waals surface area contributed by atoms with Crippen LogP contribution in [-0.4, -0.2) is 61.9 Å². The van der Waals surface area contributed by atoms with Crippen LogP contribution in [-0.2, 0) is 0 Å². The molecule has 9 heteroatoms. The quantitative estimate of drug-likeness (QED) is 0.488. The fourth-order valence-corrected chi connectivity index (χ4v) is 4.09. The molecule has 4 heterocycles. The van der Waals surface area contributed by atoms with Gasteiger partial charge in [-0.05, 0) is 50.2 Å². The summed E-state index contributed by atoms with van der Waals surface area (Å²) in [4.78, 5) is 9.39. The van der Waals surface area contributed by atoms with Gasteiger partial charge in [-0.15, -0.1) is 5.10 Å². The lowest BCUT2D eigenvalue weighted by Gasteiger charge is -2.37. The first-order valence-electron chi connectivity index (χ1n) is 10.6. The topological polar surface area (TPSA) is 62.5 Å². The molecule has 0 N–H and O–H groups in total. The fraction of sp³-hybridized carbons (Fsp3) is 0.304. The van der Waals surface area contributed by atoms with Crippen molar-refractivity contribution in [3.8, 4) is 22.5 Å². The molecular formula is C23H23F2N7. The maximum Gasteiger partial charge on any atom is 0.159 e. The van der Waals surface area contributed by atoms with Gasteiger partial charge in [-0.2, -0.15) is 10.2 Å². The Hall–Kier alpha value is -3.46. The molecule has 1 aliphatic rings. The Morgan fingerprint density at radius 2 is 1.69 bits per heavy atom. The molecule has 0 bridgehead atoms. The number of hydrogen-bond acceptors (Lipinski definition) is 6. The lowest BCUT2D eigenvalue weighted by molar-refractivity contribution is 0.209. The molecule has 7 nitrogen and oxygen atoms in total. The van der Waals surface area contributed by atoms with E-state index in [-0.39, 0.29) is 0 Å². The van der Waals surface area contributed by atoms with Gasteiger partial charge in [0.1, 0.15) is 11.5 Å². The van der Waals surface area contributed by atoms with E-state index < -0.39 is 11.6 Å². The van der Waals surface area contributed by atoms with Crippen LogP contribution in [0.5, 0.6) is 0 Å². The zero-order chi connectivity index (χ0) is 22.2. The molecule has 0 amide bonds. The van der Waals surface area contributed by atoms with Crippen LogP contribution < -0.4 is 4.90 Å². The van der Waals surface area contributed by atoms with Crippen LogP contribution in [0.15, 0.2) is 48.8 Å². The monoisotopic (exact) mass is 435 g/mol. The van der Waals surface area contributed by atoms with Gasteiger partial charge in [-0.3, -0.25) is 4.90 Å². The second kappa shape index (κ2) is 8.23. The molecule has 4 aromatic rings. The van der Waals surface area contributed by atoms with Crippen molar-refractivity contribution in [3.63, 3.8) is 0 Å². The maximum absolute atomic E-state index is 14.0. The zero-order valence-electron chi connectivity index (χ0n) is 17.9. The second-order valence-electron chi connectivity index (χ2n) is 8.15. The summed E-state index contributed by atoms with van der Waals surface area (Å²) in [5.74, 6) is -0.973. The van der Waals surface area contributed by atoms with Crippen LogP contribution in [0.25, 0.3) is 28.2 Å². The minimum absolute atomic E-state index is 0.466. The van der Waals surface area contributed by atoms with Gasteiger partial charge in [0, 0.05) is 43.3 Å². The molecule has 1 aliphatic heterocycles. The number of imidazole rings is 1. The van der Waals surface area contributed by atoms with Crippen LogP contribution in [0, 0.1) is 11.6 Å². The minimum atomic E-state index is -0.921. The third-order valence-electron chi connectivity index (χ3n) is 5.88. The largest absolute Gasteiger partial charge is 0.353 e. The average Bonchev–Trinajstić information content (AvgIpc) is 3.20. The summed E-state index contributed by atoms with van der Waals surface area (Å²) in [7, 11) is 0. The predicted molar refractivity (Wildman–Crippen MR) is 118 cm³/mol. The number of fused-ring (bicyclic) bond motifs is 1. The fourth-order valence-electron chi connectivity index (χ4n) is 4.09. The van der Waals surface area contributed by atoms with Crippen molar-refractivity contribution in [2.24, 2.45) is 0 Å². The first kappa shape index (κ1) is 20.4. The maximum atomic E-state index is 14.0. The van der Waals surface area contributed by atoms with Crippen molar-refractivity contribution < 1.29 is 8.78 Å². The molecule has 1 aromatic carbocycles. The molecule has 0 unspecified atom stereocenters. The van der Waals surface area contributed by atoms with Crippen molar-refractivity contribution >= 4 is 11.5 Å². The van der Waals surface area contributed by atoms with Crippen molar-refractivity contribution in [1.29, 1.82) is 0 Å². The Balaban J connectivity index is 1.61. The Bertz CT molecular complexity index is 1250. The molecule has 3 aromatic heterocycles. The molecule has 1 saturated heterocycles. The summed E-state index contributed by atoms with van der Waals surface area (Å²) in [5, 5.41) is 12.7. The number of piperazine rings is 1. The van der Waals surface area contributed by atoms with E-state index in [1.807, 2.05) is 12.1 Å². The molecule has 0 aliphatic carbocycles. The Labute approximate surface area is 184 Å². The lowest BCUT2D eigenvalue weighted by Crippen LogP contribution is -2.49. The first-order chi connectivity index (χ1) is 15.5. The van der Waals surface area contributed by atoms with Crippen LogP contribution in [0.3, 0.4) is 0 Å². The Kier molecular flexibility index (Phi) is 5.26. The minimum Gasteiger partial charge on any atom is -0.353 e. The van der Waals surface area contributed by atoms with Gasteiger partial charge in [0.2, 0.25) is 0 Å². The van der Waals surface area contributed by atoms with E-state index in [0.717, 1.165) is 49.7 Å². The summed E-state index contributed by atoms with van der Waals surface area (Å²) < 4.78 is 29.3. The summed E-state index contributed by atoms with van der Waals surface area (Å²) in [5.41, 5.74) is 2.98. The average molecular weight is 435 g/mol. The highest BCUT2D eigenvalue weighted by atomic mass is 19.2. The SMILES string of the molecule is CC(C)N1CCN(c2ccc3nc(-c4ccc(F)c(F)c4)c(-c4ccnnc4)n3n2)CC1. The van der Waals surface area contributed by atoms with Crippen LogP contribution in [0.2, 0.25) is 0 Å². The number of aromatic nitrogens is 5. The summed E-state index contributed by atoms with van der Waals surface area (Å²) in [6.07, 6.45) is 3.20. The van der Waals surface area contributed by atoms with Crippen molar-refractivity contribution in [2.75, 3.05) is 31.1 Å². The summed E-state index contributed by atoms with van der Waals surface area (Å²) >= 11 is 0. The molecule has 164 valence electrons. The zero-order valence-corrected chi connectivity index (χ0v) is 17.9. The van der Waals surface area contributed by atoms with E-state index in [0.29, 0.717) is 28.6 Å². The van der Waals surface area contributed by atoms with Crippen molar-refractivity contribution in [1.82, 2.24) is 29.7 Å². The summed E-state index contributed by atoms with van der Waals surface area (Å²) in [6, 6.07) is 9.96. The molecule has 1 fully saturated rings. The number of halogens is 2. The smallest absolute Gasteiger partial charge is 0.159 e. The molecule has 5 rings (SSSR count). The number of nitrogens with zero attached hydrogens (tertiary/aromatic N) is 7. The highest BCUT2D eigenvalue weighted by Gasteiger charge is 2.23. The van der Waals surface area contributed by atoms with Gasteiger partial charge in [0.05, 0.1) is 18.1 Å². The normalized spacial score (nSPS) is 15.1. The van der Waals surface area contributed by atoms with Crippen molar-refractivity contribution in [2.45, 2.75) is 19.9 Å².